The molecule has 1 aliphatic heterocycles. The van der Waals surface area contributed by atoms with E-state index in [-0.39, 0.29) is 24.6 Å². The molecule has 4 nitrogen and oxygen atoms in total. The van der Waals surface area contributed by atoms with Crippen molar-refractivity contribution in [3.8, 4) is 0 Å². The van der Waals surface area contributed by atoms with Crippen molar-refractivity contribution in [2.45, 2.75) is 57.7 Å². The third kappa shape index (κ3) is 2.86. The molecule has 2 rings (SSSR count). The van der Waals surface area contributed by atoms with Crippen LogP contribution < -0.4 is 5.32 Å². The Morgan fingerprint density at radius 2 is 2.00 bits per heavy atom. The van der Waals surface area contributed by atoms with Crippen molar-refractivity contribution in [1.82, 2.24) is 10.2 Å². The molecule has 102 valence electrons. The Morgan fingerprint density at radius 3 is 2.56 bits per heavy atom. The van der Waals surface area contributed by atoms with Gasteiger partial charge in [-0.15, -0.1) is 0 Å². The smallest absolute Gasteiger partial charge is 0.318 e. The molecular formula is C14H24N2O2. The Kier molecular flexibility index (Phi) is 4.27. The van der Waals surface area contributed by atoms with Crippen molar-refractivity contribution in [3.05, 3.63) is 12.2 Å². The first-order chi connectivity index (χ1) is 8.61. The normalized spacial score (nSPS) is 35.8. The molecule has 4 atom stereocenters. The lowest BCUT2D eigenvalue weighted by Crippen LogP contribution is -2.53. The first kappa shape index (κ1) is 13.4. The van der Waals surface area contributed by atoms with Crippen LogP contribution in [-0.2, 0) is 0 Å². The van der Waals surface area contributed by atoms with E-state index in [1.807, 2.05) is 17.1 Å². The number of hydrogen-bond donors (Lipinski definition) is 2. The third-order valence-corrected chi connectivity index (χ3v) is 4.14. The number of amides is 2. The number of nitrogens with zero attached hydrogens (tertiary/aromatic N) is 1. The maximum Gasteiger partial charge on any atom is 0.318 e. The highest BCUT2D eigenvalue weighted by molar-refractivity contribution is 5.75. The topological polar surface area (TPSA) is 52.6 Å². The van der Waals surface area contributed by atoms with Crippen molar-refractivity contribution in [3.63, 3.8) is 0 Å². The number of nitrogens with one attached hydrogen (secondary N) is 1. The predicted octanol–water partition coefficient (Wildman–Crippen LogP) is 1.90. The molecule has 0 spiro atoms. The van der Waals surface area contributed by atoms with E-state index in [0.717, 1.165) is 19.3 Å². The maximum absolute atomic E-state index is 12.3. The highest BCUT2D eigenvalue weighted by atomic mass is 16.3. The van der Waals surface area contributed by atoms with Gasteiger partial charge in [0, 0.05) is 30.7 Å². The fraction of sp³-hybridized carbons (Fsp3) is 0.786. The number of urea groups is 1. The zero-order chi connectivity index (χ0) is 13.1. The number of rotatable bonds is 2. The SMILES string of the molecule is CC1CCCC(C)N1C(=O)N[C@@H]1C=C[C@H](CO)C1. The van der Waals surface area contributed by atoms with Gasteiger partial charge in [0.05, 0.1) is 0 Å². The van der Waals surface area contributed by atoms with Gasteiger partial charge in [-0.25, -0.2) is 4.79 Å². The molecule has 2 aliphatic rings. The summed E-state index contributed by atoms with van der Waals surface area (Å²) in [6, 6.07) is 0.777. The largest absolute Gasteiger partial charge is 0.396 e. The number of aliphatic hydroxyl groups is 1. The molecule has 0 aromatic rings. The van der Waals surface area contributed by atoms with Gasteiger partial charge < -0.3 is 15.3 Å². The second-order valence-corrected chi connectivity index (χ2v) is 5.66. The molecule has 1 fully saturated rings. The summed E-state index contributed by atoms with van der Waals surface area (Å²) in [7, 11) is 0. The van der Waals surface area contributed by atoms with Gasteiger partial charge in [0.25, 0.3) is 0 Å². The number of carbonyl (C=O) groups is 1. The molecule has 2 N–H and O–H groups in total. The molecule has 4 heteroatoms. The van der Waals surface area contributed by atoms with Crippen LogP contribution in [0.1, 0.15) is 39.5 Å². The van der Waals surface area contributed by atoms with E-state index >= 15 is 0 Å². The number of aliphatic hydroxyl groups excluding tert-OH is 1. The Labute approximate surface area is 109 Å². The van der Waals surface area contributed by atoms with Gasteiger partial charge >= 0.3 is 6.03 Å². The zero-order valence-corrected chi connectivity index (χ0v) is 11.3. The second-order valence-electron chi connectivity index (χ2n) is 5.66. The van der Waals surface area contributed by atoms with Crippen LogP contribution in [0.4, 0.5) is 4.79 Å². The van der Waals surface area contributed by atoms with Crippen LogP contribution in [0.25, 0.3) is 0 Å². The highest BCUT2D eigenvalue weighted by Gasteiger charge is 2.30. The number of hydrogen-bond acceptors (Lipinski definition) is 2. The summed E-state index contributed by atoms with van der Waals surface area (Å²) >= 11 is 0. The van der Waals surface area contributed by atoms with E-state index < -0.39 is 0 Å². The molecule has 0 bridgehead atoms. The predicted molar refractivity (Wildman–Crippen MR) is 71.3 cm³/mol. The first-order valence-corrected chi connectivity index (χ1v) is 6.99. The summed E-state index contributed by atoms with van der Waals surface area (Å²) in [4.78, 5) is 14.3. The number of carbonyl (C=O) groups excluding carboxylic acids is 1. The molecule has 0 saturated carbocycles. The summed E-state index contributed by atoms with van der Waals surface area (Å²) in [5.41, 5.74) is 0. The van der Waals surface area contributed by atoms with Gasteiger partial charge in [0.15, 0.2) is 0 Å². The summed E-state index contributed by atoms with van der Waals surface area (Å²) in [6.07, 6.45) is 8.21. The fourth-order valence-corrected chi connectivity index (χ4v) is 3.07. The van der Waals surface area contributed by atoms with Crippen LogP contribution in [0.15, 0.2) is 12.2 Å². The molecular weight excluding hydrogens is 228 g/mol. The molecule has 18 heavy (non-hydrogen) atoms. The molecule has 1 heterocycles. The van der Waals surface area contributed by atoms with E-state index in [2.05, 4.69) is 19.2 Å². The van der Waals surface area contributed by atoms with E-state index in [0.29, 0.717) is 12.1 Å². The van der Waals surface area contributed by atoms with E-state index in [9.17, 15) is 4.79 Å². The quantitative estimate of drug-likeness (QED) is 0.737. The van der Waals surface area contributed by atoms with Crippen molar-refractivity contribution >= 4 is 6.03 Å². The lowest BCUT2D eigenvalue weighted by molar-refractivity contribution is 0.121. The molecule has 1 aliphatic carbocycles. The monoisotopic (exact) mass is 252 g/mol. The number of piperidine rings is 1. The molecule has 0 radical (unpaired) electrons. The van der Waals surface area contributed by atoms with Gasteiger partial charge in [0.2, 0.25) is 0 Å². The molecule has 1 saturated heterocycles. The summed E-state index contributed by atoms with van der Waals surface area (Å²) in [5.74, 6) is 0.200. The summed E-state index contributed by atoms with van der Waals surface area (Å²) < 4.78 is 0. The van der Waals surface area contributed by atoms with Gasteiger partial charge in [-0.1, -0.05) is 12.2 Å². The van der Waals surface area contributed by atoms with Crippen LogP contribution in [0, 0.1) is 5.92 Å². The van der Waals surface area contributed by atoms with Crippen molar-refractivity contribution < 1.29 is 9.90 Å². The fourth-order valence-electron chi connectivity index (χ4n) is 3.07. The van der Waals surface area contributed by atoms with E-state index in [1.165, 1.54) is 6.42 Å². The Bertz CT molecular complexity index is 320. The van der Waals surface area contributed by atoms with Crippen LogP contribution in [0.5, 0.6) is 0 Å². The Morgan fingerprint density at radius 1 is 1.33 bits per heavy atom. The number of likely N-dealkylation sites (tertiary alicyclic amines) is 1. The molecule has 2 amide bonds. The van der Waals surface area contributed by atoms with Crippen molar-refractivity contribution in [1.29, 1.82) is 0 Å². The Hall–Kier alpha value is -1.03. The average Bonchev–Trinajstić information content (AvgIpc) is 2.76. The average molecular weight is 252 g/mol. The van der Waals surface area contributed by atoms with Crippen LogP contribution in [0.3, 0.4) is 0 Å². The lowest BCUT2D eigenvalue weighted by Gasteiger charge is -2.39. The minimum atomic E-state index is 0.0444. The molecule has 2 unspecified atom stereocenters. The van der Waals surface area contributed by atoms with Gasteiger partial charge in [0.1, 0.15) is 0 Å². The highest BCUT2D eigenvalue weighted by Crippen LogP contribution is 2.23. The van der Waals surface area contributed by atoms with E-state index in [1.54, 1.807) is 0 Å². The van der Waals surface area contributed by atoms with Gasteiger partial charge in [-0.05, 0) is 39.5 Å². The Balaban J connectivity index is 1.89. The van der Waals surface area contributed by atoms with E-state index in [4.69, 9.17) is 5.11 Å². The lowest BCUT2D eigenvalue weighted by atomic mass is 9.98. The van der Waals surface area contributed by atoms with Gasteiger partial charge in [-0.2, -0.15) is 0 Å². The van der Waals surface area contributed by atoms with Crippen LogP contribution in [-0.4, -0.2) is 40.8 Å². The van der Waals surface area contributed by atoms with Crippen LogP contribution >= 0.6 is 0 Å². The maximum atomic E-state index is 12.3. The third-order valence-electron chi connectivity index (χ3n) is 4.14. The zero-order valence-electron chi connectivity index (χ0n) is 11.3. The van der Waals surface area contributed by atoms with Crippen LogP contribution in [0.2, 0.25) is 0 Å². The second kappa shape index (κ2) is 5.74. The minimum absolute atomic E-state index is 0.0444. The summed E-state index contributed by atoms with van der Waals surface area (Å²) in [5, 5.41) is 12.1. The molecule has 0 aromatic carbocycles. The first-order valence-electron chi connectivity index (χ1n) is 6.99. The molecule has 0 aromatic heterocycles. The minimum Gasteiger partial charge on any atom is -0.396 e. The van der Waals surface area contributed by atoms with Crippen molar-refractivity contribution in [2.24, 2.45) is 5.92 Å². The van der Waals surface area contributed by atoms with Crippen molar-refractivity contribution in [2.75, 3.05) is 6.61 Å². The van der Waals surface area contributed by atoms with Gasteiger partial charge in [-0.3, -0.25) is 0 Å². The summed E-state index contributed by atoms with van der Waals surface area (Å²) in [6.45, 7) is 4.41. The standard InChI is InChI=1S/C14H24N2O2/c1-10-4-3-5-11(2)16(10)14(18)15-13-7-6-12(8-13)9-17/h6-7,10-13,17H,3-5,8-9H2,1-2H3,(H,15,18)/t10?,11?,12-,13+/m0/s1.